The molecule has 0 radical (unpaired) electrons. The molecule has 1 atom stereocenters. The zero-order valence-corrected chi connectivity index (χ0v) is 13.1. The van der Waals surface area contributed by atoms with Crippen LogP contribution in [0.15, 0.2) is 18.2 Å². The number of carbonyl (C=O) groups is 1. The lowest BCUT2D eigenvalue weighted by atomic mass is 10.2. The second kappa shape index (κ2) is 5.89. The number of benzene rings is 1. The molecule has 0 aromatic heterocycles. The van der Waals surface area contributed by atoms with Crippen LogP contribution in [0, 0.1) is 0 Å². The van der Waals surface area contributed by atoms with Gasteiger partial charge in [-0.2, -0.15) is 4.31 Å². The molecule has 0 unspecified atom stereocenters. The summed E-state index contributed by atoms with van der Waals surface area (Å²) in [7, 11) is -1.87. The van der Waals surface area contributed by atoms with Crippen LogP contribution in [0.1, 0.15) is 12.0 Å². The third kappa shape index (κ3) is 3.25. The zero-order chi connectivity index (χ0) is 14.9. The normalized spacial score (nSPS) is 21.9. The summed E-state index contributed by atoms with van der Waals surface area (Å²) in [6.07, 6.45) is 0.305. The van der Waals surface area contributed by atoms with E-state index in [0.717, 1.165) is 9.87 Å². The molecule has 20 heavy (non-hydrogen) atoms. The third-order valence-electron chi connectivity index (χ3n) is 3.30. The molecule has 1 aliphatic rings. The fourth-order valence-corrected chi connectivity index (χ4v) is 3.91. The summed E-state index contributed by atoms with van der Waals surface area (Å²) in [6, 6.07) is 4.35. The van der Waals surface area contributed by atoms with Gasteiger partial charge in [-0.15, -0.1) is 0 Å². The Labute approximate surface area is 127 Å². The Bertz CT molecular complexity index is 634. The second-order valence-corrected chi connectivity index (χ2v) is 7.58. The van der Waals surface area contributed by atoms with E-state index in [2.05, 4.69) is 5.32 Å². The maximum absolute atomic E-state index is 12.0. The molecular formula is C12H14Cl2N2O3S. The molecule has 1 amide bonds. The molecule has 0 aliphatic carbocycles. The van der Waals surface area contributed by atoms with Crippen molar-refractivity contribution >= 4 is 39.1 Å². The maximum atomic E-state index is 12.0. The number of nitrogens with zero attached hydrogens (tertiary/aromatic N) is 1. The SMILES string of the molecule is CN1[C@H](C(=O)NCc2ccc(Cl)cc2Cl)CCS1(=O)=O. The lowest BCUT2D eigenvalue weighted by Crippen LogP contribution is -2.42. The van der Waals surface area contributed by atoms with Crippen LogP contribution in [0.3, 0.4) is 0 Å². The van der Waals surface area contributed by atoms with E-state index in [1.165, 1.54) is 7.05 Å². The van der Waals surface area contributed by atoms with Crippen molar-refractivity contribution in [1.29, 1.82) is 0 Å². The molecule has 0 spiro atoms. The first-order chi connectivity index (χ1) is 9.31. The standard InChI is InChI=1S/C12H14Cl2N2O3S/c1-16-11(4-5-20(16,18)19)12(17)15-7-8-2-3-9(13)6-10(8)14/h2-3,6,11H,4-5,7H2,1H3,(H,15,17)/t11-/m0/s1. The molecule has 1 heterocycles. The van der Waals surface area contributed by atoms with E-state index in [1.807, 2.05) is 0 Å². The first kappa shape index (κ1) is 15.6. The Kier molecular flexibility index (Phi) is 4.59. The topological polar surface area (TPSA) is 66.5 Å². The van der Waals surface area contributed by atoms with Gasteiger partial charge in [-0.25, -0.2) is 8.42 Å². The van der Waals surface area contributed by atoms with Gasteiger partial charge in [0.05, 0.1) is 5.75 Å². The van der Waals surface area contributed by atoms with Crippen molar-refractivity contribution in [2.24, 2.45) is 0 Å². The molecule has 1 aromatic carbocycles. The van der Waals surface area contributed by atoms with Crippen LogP contribution in [-0.4, -0.2) is 37.5 Å². The maximum Gasteiger partial charge on any atom is 0.238 e. The fraction of sp³-hybridized carbons (Fsp3) is 0.417. The highest BCUT2D eigenvalue weighted by Crippen LogP contribution is 2.22. The van der Waals surface area contributed by atoms with Gasteiger partial charge in [-0.05, 0) is 24.1 Å². The Morgan fingerprint density at radius 2 is 2.15 bits per heavy atom. The molecule has 8 heteroatoms. The van der Waals surface area contributed by atoms with Gasteiger partial charge in [-0.3, -0.25) is 4.79 Å². The lowest BCUT2D eigenvalue weighted by Gasteiger charge is -2.17. The summed E-state index contributed by atoms with van der Waals surface area (Å²) in [4.78, 5) is 12.0. The number of hydrogen-bond donors (Lipinski definition) is 1. The predicted molar refractivity (Wildman–Crippen MR) is 78.3 cm³/mol. The van der Waals surface area contributed by atoms with E-state index in [0.29, 0.717) is 16.5 Å². The number of halogens is 2. The molecule has 110 valence electrons. The number of nitrogens with one attached hydrogen (secondary N) is 1. The Morgan fingerprint density at radius 3 is 2.70 bits per heavy atom. The Morgan fingerprint density at radius 1 is 1.45 bits per heavy atom. The summed E-state index contributed by atoms with van der Waals surface area (Å²) in [5.41, 5.74) is 0.730. The first-order valence-corrected chi connectivity index (χ1v) is 8.35. The van der Waals surface area contributed by atoms with E-state index in [-0.39, 0.29) is 18.2 Å². The summed E-state index contributed by atoms with van der Waals surface area (Å²) < 4.78 is 24.2. The van der Waals surface area contributed by atoms with Gasteiger partial charge >= 0.3 is 0 Å². The lowest BCUT2D eigenvalue weighted by molar-refractivity contribution is -0.124. The first-order valence-electron chi connectivity index (χ1n) is 5.98. The van der Waals surface area contributed by atoms with Crippen LogP contribution < -0.4 is 5.32 Å². The number of carbonyl (C=O) groups excluding carboxylic acids is 1. The van der Waals surface area contributed by atoms with E-state index in [1.54, 1.807) is 18.2 Å². The Balaban J connectivity index is 1.99. The number of hydrogen-bond acceptors (Lipinski definition) is 3. The van der Waals surface area contributed by atoms with E-state index >= 15 is 0 Å². The molecule has 1 saturated heterocycles. The highest BCUT2D eigenvalue weighted by Gasteiger charge is 2.38. The number of sulfonamides is 1. The monoisotopic (exact) mass is 336 g/mol. The fourth-order valence-electron chi connectivity index (χ4n) is 2.04. The van der Waals surface area contributed by atoms with Gasteiger partial charge < -0.3 is 5.32 Å². The highest BCUT2D eigenvalue weighted by atomic mass is 35.5. The van der Waals surface area contributed by atoms with Gasteiger partial charge in [0.25, 0.3) is 0 Å². The molecule has 5 nitrogen and oxygen atoms in total. The summed E-state index contributed by atoms with van der Waals surface area (Å²) in [5.74, 6) is -0.317. The summed E-state index contributed by atoms with van der Waals surface area (Å²) in [6.45, 7) is 0.235. The van der Waals surface area contributed by atoms with Crippen LogP contribution in [0.25, 0.3) is 0 Å². The molecule has 1 aromatic rings. The second-order valence-electron chi connectivity index (χ2n) is 4.59. The minimum Gasteiger partial charge on any atom is -0.351 e. The van der Waals surface area contributed by atoms with Crippen molar-refractivity contribution in [2.45, 2.75) is 19.0 Å². The van der Waals surface area contributed by atoms with Crippen LogP contribution >= 0.6 is 23.2 Å². The van der Waals surface area contributed by atoms with Crippen molar-refractivity contribution in [1.82, 2.24) is 9.62 Å². The van der Waals surface area contributed by atoms with Gasteiger partial charge in [0.1, 0.15) is 6.04 Å². The average Bonchev–Trinajstić information content (AvgIpc) is 2.63. The number of amides is 1. The van der Waals surface area contributed by atoms with E-state index in [4.69, 9.17) is 23.2 Å². The van der Waals surface area contributed by atoms with Crippen molar-refractivity contribution in [3.8, 4) is 0 Å². The molecule has 2 rings (SSSR count). The Hall–Kier alpha value is -0.820. The van der Waals surface area contributed by atoms with Gasteiger partial charge in [0.2, 0.25) is 15.9 Å². The zero-order valence-electron chi connectivity index (χ0n) is 10.8. The molecular weight excluding hydrogens is 323 g/mol. The minimum absolute atomic E-state index is 0.00326. The number of rotatable bonds is 3. The molecule has 0 saturated carbocycles. The summed E-state index contributed by atoms with van der Waals surface area (Å²) in [5, 5.41) is 3.68. The smallest absolute Gasteiger partial charge is 0.238 e. The van der Waals surface area contributed by atoms with Gasteiger partial charge in [-0.1, -0.05) is 29.3 Å². The highest BCUT2D eigenvalue weighted by molar-refractivity contribution is 7.89. The molecule has 1 fully saturated rings. The van der Waals surface area contributed by atoms with Crippen molar-refractivity contribution in [3.05, 3.63) is 33.8 Å². The van der Waals surface area contributed by atoms with Crippen LogP contribution in [0.5, 0.6) is 0 Å². The van der Waals surface area contributed by atoms with Crippen molar-refractivity contribution in [3.63, 3.8) is 0 Å². The summed E-state index contributed by atoms with van der Waals surface area (Å²) >= 11 is 11.8. The van der Waals surface area contributed by atoms with Crippen LogP contribution in [0.4, 0.5) is 0 Å². The largest absolute Gasteiger partial charge is 0.351 e. The van der Waals surface area contributed by atoms with Gasteiger partial charge in [0, 0.05) is 23.6 Å². The van der Waals surface area contributed by atoms with Crippen molar-refractivity contribution in [2.75, 3.05) is 12.8 Å². The minimum atomic E-state index is -3.29. The van der Waals surface area contributed by atoms with Crippen LogP contribution in [0.2, 0.25) is 10.0 Å². The molecule has 1 aliphatic heterocycles. The number of likely N-dealkylation sites (N-methyl/N-ethyl adjacent to an activating group) is 1. The van der Waals surface area contributed by atoms with Crippen molar-refractivity contribution < 1.29 is 13.2 Å². The average molecular weight is 337 g/mol. The van der Waals surface area contributed by atoms with E-state index < -0.39 is 16.1 Å². The third-order valence-corrected chi connectivity index (χ3v) is 5.77. The van der Waals surface area contributed by atoms with Gasteiger partial charge in [0.15, 0.2) is 0 Å². The predicted octanol–water partition coefficient (Wildman–Crippen LogP) is 1.64. The quantitative estimate of drug-likeness (QED) is 0.912. The van der Waals surface area contributed by atoms with E-state index in [9.17, 15) is 13.2 Å². The molecule has 1 N–H and O–H groups in total. The van der Waals surface area contributed by atoms with Crippen LogP contribution in [-0.2, 0) is 21.4 Å². The molecule has 0 bridgehead atoms.